The van der Waals surface area contributed by atoms with Crippen molar-refractivity contribution < 1.29 is 9.90 Å². The van der Waals surface area contributed by atoms with Gasteiger partial charge in [-0.25, -0.2) is 4.79 Å². The quantitative estimate of drug-likeness (QED) is 0.914. The highest BCUT2D eigenvalue weighted by Gasteiger charge is 2.38. The lowest BCUT2D eigenvalue weighted by Gasteiger charge is -2.38. The summed E-state index contributed by atoms with van der Waals surface area (Å²) in [5.74, 6) is 0. The van der Waals surface area contributed by atoms with Crippen molar-refractivity contribution in [2.45, 2.75) is 58.2 Å². The first-order chi connectivity index (χ1) is 10.3. The minimum Gasteiger partial charge on any atom is -0.465 e. The molecule has 0 aliphatic carbocycles. The first kappa shape index (κ1) is 16.8. The Labute approximate surface area is 133 Å². The Morgan fingerprint density at radius 1 is 1.36 bits per heavy atom. The molecule has 1 aromatic carbocycles. The molecule has 22 heavy (non-hydrogen) atoms. The Morgan fingerprint density at radius 3 is 2.50 bits per heavy atom. The van der Waals surface area contributed by atoms with Crippen LogP contribution in [-0.2, 0) is 0 Å². The lowest BCUT2D eigenvalue weighted by molar-refractivity contribution is 0.0699. The first-order valence-corrected chi connectivity index (χ1v) is 8.16. The second-order valence-electron chi connectivity index (χ2n) is 7.10. The fourth-order valence-electron chi connectivity index (χ4n) is 3.63. The maximum absolute atomic E-state index is 11.7. The van der Waals surface area contributed by atoms with E-state index in [-0.39, 0.29) is 11.6 Å². The van der Waals surface area contributed by atoms with Gasteiger partial charge in [0.2, 0.25) is 0 Å². The summed E-state index contributed by atoms with van der Waals surface area (Å²) < 4.78 is 0. The average molecular weight is 304 g/mol. The van der Waals surface area contributed by atoms with Crippen molar-refractivity contribution in [3.63, 3.8) is 0 Å². The molecule has 4 heteroatoms. The zero-order valence-electron chi connectivity index (χ0n) is 14.1. The second kappa shape index (κ2) is 6.69. The molecule has 0 spiro atoms. The average Bonchev–Trinajstić information content (AvgIpc) is 2.87. The zero-order valence-corrected chi connectivity index (χ0v) is 14.1. The van der Waals surface area contributed by atoms with Crippen molar-refractivity contribution in [2.24, 2.45) is 0 Å². The number of hydrogen-bond acceptors (Lipinski definition) is 2. The third-order valence-corrected chi connectivity index (χ3v) is 4.50. The summed E-state index contributed by atoms with van der Waals surface area (Å²) in [7, 11) is 0. The summed E-state index contributed by atoms with van der Waals surface area (Å²) in [5, 5.41) is 9.58. The number of amides is 1. The highest BCUT2D eigenvalue weighted by atomic mass is 16.4. The van der Waals surface area contributed by atoms with E-state index < -0.39 is 6.09 Å². The van der Waals surface area contributed by atoms with Gasteiger partial charge in [0, 0.05) is 30.7 Å². The van der Waals surface area contributed by atoms with Gasteiger partial charge < -0.3 is 5.11 Å². The van der Waals surface area contributed by atoms with Crippen LogP contribution in [0.15, 0.2) is 30.3 Å². The molecule has 0 bridgehead atoms. The van der Waals surface area contributed by atoms with Gasteiger partial charge >= 0.3 is 6.09 Å². The van der Waals surface area contributed by atoms with Crippen LogP contribution < -0.4 is 0 Å². The van der Waals surface area contributed by atoms with Gasteiger partial charge in [-0.15, -0.1) is 0 Å². The van der Waals surface area contributed by atoms with E-state index in [1.165, 1.54) is 5.56 Å². The topological polar surface area (TPSA) is 43.8 Å². The molecule has 122 valence electrons. The molecule has 0 radical (unpaired) electrons. The molecule has 1 fully saturated rings. The number of benzene rings is 1. The van der Waals surface area contributed by atoms with Crippen molar-refractivity contribution in [3.8, 4) is 0 Å². The van der Waals surface area contributed by atoms with E-state index in [9.17, 15) is 9.90 Å². The Morgan fingerprint density at radius 2 is 2.00 bits per heavy atom. The van der Waals surface area contributed by atoms with Crippen LogP contribution in [0.5, 0.6) is 0 Å². The molecule has 4 nitrogen and oxygen atoms in total. The van der Waals surface area contributed by atoms with Crippen LogP contribution in [0.1, 0.15) is 52.1 Å². The molecular weight excluding hydrogens is 276 g/mol. The highest BCUT2D eigenvalue weighted by Crippen LogP contribution is 2.31. The van der Waals surface area contributed by atoms with Crippen molar-refractivity contribution in [3.05, 3.63) is 35.9 Å². The molecule has 0 saturated carbocycles. The molecule has 1 saturated heterocycles. The number of carboxylic acid groups (broad SMARTS) is 1. The van der Waals surface area contributed by atoms with Crippen LogP contribution in [0.2, 0.25) is 0 Å². The summed E-state index contributed by atoms with van der Waals surface area (Å²) >= 11 is 0. The Balaban J connectivity index is 2.13. The van der Waals surface area contributed by atoms with E-state index in [0.717, 1.165) is 25.9 Å². The predicted molar refractivity (Wildman–Crippen MR) is 89.1 cm³/mol. The Kier molecular flexibility index (Phi) is 5.12. The van der Waals surface area contributed by atoms with Crippen LogP contribution in [-0.4, -0.2) is 45.7 Å². The maximum Gasteiger partial charge on any atom is 0.408 e. The summed E-state index contributed by atoms with van der Waals surface area (Å²) in [5.41, 5.74) is 0.962. The Bertz CT molecular complexity index is 496. The molecule has 0 aromatic heterocycles. The number of rotatable bonds is 4. The number of likely N-dealkylation sites (tertiary alicyclic amines) is 1. The van der Waals surface area contributed by atoms with Crippen LogP contribution >= 0.6 is 0 Å². The molecule has 1 N–H and O–H groups in total. The molecule has 1 amide bonds. The minimum absolute atomic E-state index is 0.0789. The fraction of sp³-hybridized carbons (Fsp3) is 0.611. The molecular formula is C18H28N2O2. The van der Waals surface area contributed by atoms with E-state index >= 15 is 0 Å². The smallest absolute Gasteiger partial charge is 0.408 e. The molecule has 0 unspecified atom stereocenters. The van der Waals surface area contributed by atoms with Gasteiger partial charge in [-0.3, -0.25) is 9.80 Å². The van der Waals surface area contributed by atoms with Crippen LogP contribution in [0.3, 0.4) is 0 Å². The molecule has 1 aliphatic heterocycles. The predicted octanol–water partition coefficient (Wildman–Crippen LogP) is 3.99. The summed E-state index contributed by atoms with van der Waals surface area (Å²) in [6.07, 6.45) is 1.14. The van der Waals surface area contributed by atoms with Gasteiger partial charge in [-0.1, -0.05) is 37.3 Å². The number of carbonyl (C=O) groups is 1. The first-order valence-electron chi connectivity index (χ1n) is 8.16. The second-order valence-corrected chi connectivity index (χ2v) is 7.10. The summed E-state index contributed by atoms with van der Waals surface area (Å²) in [6.45, 7) is 9.88. The normalized spacial score (nSPS) is 20.8. The van der Waals surface area contributed by atoms with Crippen LogP contribution in [0.4, 0.5) is 4.79 Å². The summed E-state index contributed by atoms with van der Waals surface area (Å²) in [4.78, 5) is 15.7. The fourth-order valence-corrected chi connectivity index (χ4v) is 3.63. The summed E-state index contributed by atoms with van der Waals surface area (Å²) in [6, 6.07) is 11.0. The number of nitrogens with zero attached hydrogens (tertiary/aromatic N) is 2. The SMILES string of the molecule is CC[C@H](c1ccccc1)N1CC[C@H](N(C(=O)O)C(C)(C)C)C1. The van der Waals surface area contributed by atoms with E-state index in [1.807, 2.05) is 26.8 Å². The molecule has 1 heterocycles. The van der Waals surface area contributed by atoms with E-state index in [0.29, 0.717) is 6.04 Å². The van der Waals surface area contributed by atoms with Crippen molar-refractivity contribution >= 4 is 6.09 Å². The lowest BCUT2D eigenvalue weighted by atomic mass is 10.0. The zero-order chi connectivity index (χ0) is 16.3. The van der Waals surface area contributed by atoms with Crippen LogP contribution in [0.25, 0.3) is 0 Å². The van der Waals surface area contributed by atoms with Gasteiger partial charge in [0.25, 0.3) is 0 Å². The van der Waals surface area contributed by atoms with E-state index in [2.05, 4.69) is 36.1 Å². The van der Waals surface area contributed by atoms with Gasteiger partial charge in [0.1, 0.15) is 0 Å². The van der Waals surface area contributed by atoms with E-state index in [4.69, 9.17) is 0 Å². The third-order valence-electron chi connectivity index (χ3n) is 4.50. The number of hydrogen-bond donors (Lipinski definition) is 1. The highest BCUT2D eigenvalue weighted by molar-refractivity contribution is 5.66. The van der Waals surface area contributed by atoms with Gasteiger partial charge in [-0.2, -0.15) is 0 Å². The monoisotopic (exact) mass is 304 g/mol. The van der Waals surface area contributed by atoms with Crippen LogP contribution in [0, 0.1) is 0 Å². The van der Waals surface area contributed by atoms with Gasteiger partial charge in [0.15, 0.2) is 0 Å². The molecule has 1 aromatic rings. The minimum atomic E-state index is -0.813. The third kappa shape index (κ3) is 3.61. The van der Waals surface area contributed by atoms with Gasteiger partial charge in [-0.05, 0) is 39.2 Å². The van der Waals surface area contributed by atoms with Gasteiger partial charge in [0.05, 0.1) is 0 Å². The lowest BCUT2D eigenvalue weighted by Crippen LogP contribution is -2.52. The molecule has 2 atom stereocenters. The largest absolute Gasteiger partial charge is 0.465 e. The van der Waals surface area contributed by atoms with Crippen molar-refractivity contribution in [1.82, 2.24) is 9.80 Å². The Hall–Kier alpha value is -1.55. The molecule has 2 rings (SSSR count). The standard InChI is InChI=1S/C18H28N2O2/c1-5-16(14-9-7-6-8-10-14)19-12-11-15(13-19)20(17(21)22)18(2,3)4/h6-10,15-16H,5,11-13H2,1-4H3,(H,21,22)/t15-,16+/m0/s1. The van der Waals surface area contributed by atoms with E-state index in [1.54, 1.807) is 4.90 Å². The van der Waals surface area contributed by atoms with Crippen molar-refractivity contribution in [1.29, 1.82) is 0 Å². The molecule has 1 aliphatic rings. The van der Waals surface area contributed by atoms with Crippen molar-refractivity contribution in [2.75, 3.05) is 13.1 Å². The maximum atomic E-state index is 11.7.